The quantitative estimate of drug-likeness (QED) is 0.802. The second-order valence-electron chi connectivity index (χ2n) is 4.42. The van der Waals surface area contributed by atoms with Crippen molar-refractivity contribution in [3.05, 3.63) is 33.9 Å². The van der Waals surface area contributed by atoms with E-state index in [1.807, 2.05) is 0 Å². The van der Waals surface area contributed by atoms with Crippen LogP contribution in [0.25, 0.3) is 10.1 Å². The number of carboxylic acid groups (broad SMARTS) is 1. The van der Waals surface area contributed by atoms with E-state index in [1.165, 1.54) is 25.1 Å². The summed E-state index contributed by atoms with van der Waals surface area (Å²) in [6.07, 6.45) is -1.27. The number of thiophene rings is 1. The Balaban J connectivity index is 2.35. The van der Waals surface area contributed by atoms with Gasteiger partial charge in [0.05, 0.1) is 11.1 Å². The van der Waals surface area contributed by atoms with Gasteiger partial charge in [0.2, 0.25) is 0 Å². The van der Waals surface area contributed by atoms with Crippen molar-refractivity contribution in [1.29, 1.82) is 0 Å². The molecule has 21 heavy (non-hydrogen) atoms. The van der Waals surface area contributed by atoms with E-state index in [9.17, 15) is 19.1 Å². The van der Waals surface area contributed by atoms with Crippen LogP contribution in [0.3, 0.4) is 0 Å². The van der Waals surface area contributed by atoms with Crippen LogP contribution in [0, 0.1) is 5.82 Å². The molecule has 0 aliphatic rings. The molecule has 1 aromatic carbocycles. The predicted octanol–water partition coefficient (Wildman–Crippen LogP) is 2.26. The number of hydrogen-bond acceptors (Lipinski definition) is 4. The number of carbonyl (C=O) groups excluding carboxylic acids is 1. The number of fused-ring (bicyclic) bond motifs is 1. The number of carbonyl (C=O) groups is 2. The summed E-state index contributed by atoms with van der Waals surface area (Å²) < 4.78 is 13.6. The first-order valence-corrected chi connectivity index (χ1v) is 7.10. The predicted molar refractivity (Wildman–Crippen MR) is 77.4 cm³/mol. The molecule has 2 unspecified atom stereocenters. The molecule has 0 saturated carbocycles. The molecule has 1 aromatic heterocycles. The van der Waals surface area contributed by atoms with E-state index in [0.717, 1.165) is 11.3 Å². The summed E-state index contributed by atoms with van der Waals surface area (Å²) >= 11 is 7.02. The van der Waals surface area contributed by atoms with Crippen LogP contribution in [-0.2, 0) is 4.79 Å². The zero-order valence-corrected chi connectivity index (χ0v) is 12.3. The first kappa shape index (κ1) is 15.7. The van der Waals surface area contributed by atoms with Gasteiger partial charge in [0.1, 0.15) is 10.7 Å². The average Bonchev–Trinajstić information content (AvgIpc) is 2.71. The Kier molecular flexibility index (Phi) is 4.46. The van der Waals surface area contributed by atoms with Gasteiger partial charge in [-0.1, -0.05) is 11.6 Å². The van der Waals surface area contributed by atoms with Crippen LogP contribution >= 0.6 is 22.9 Å². The summed E-state index contributed by atoms with van der Waals surface area (Å²) in [5, 5.41) is 21.1. The smallest absolute Gasteiger partial charge is 0.328 e. The van der Waals surface area contributed by atoms with Crippen LogP contribution in [0.1, 0.15) is 16.6 Å². The maximum atomic E-state index is 13.2. The zero-order valence-electron chi connectivity index (χ0n) is 10.8. The molecule has 1 amide bonds. The topological polar surface area (TPSA) is 86.6 Å². The molecule has 2 aromatic rings. The molecule has 112 valence electrons. The molecule has 8 heteroatoms. The third kappa shape index (κ3) is 3.15. The standard InChI is InChI=1S/C13H11ClFNO4S/c1-5(17)10(13(19)20)16-12(18)11-9(14)7-3-2-6(15)4-8(7)21-11/h2-5,10,17H,1H3,(H,16,18)(H,19,20). The molecule has 0 fully saturated rings. The van der Waals surface area contributed by atoms with E-state index in [-0.39, 0.29) is 9.90 Å². The van der Waals surface area contributed by atoms with Gasteiger partial charge in [0, 0.05) is 10.1 Å². The fourth-order valence-corrected chi connectivity index (χ4v) is 3.23. The molecule has 0 aliphatic heterocycles. The highest BCUT2D eigenvalue weighted by Crippen LogP contribution is 2.35. The van der Waals surface area contributed by atoms with Crippen molar-refractivity contribution in [2.45, 2.75) is 19.1 Å². The molecule has 0 bridgehead atoms. The van der Waals surface area contributed by atoms with Gasteiger partial charge in [-0.25, -0.2) is 9.18 Å². The fraction of sp³-hybridized carbons (Fsp3) is 0.231. The van der Waals surface area contributed by atoms with Crippen LogP contribution in [0.4, 0.5) is 4.39 Å². The van der Waals surface area contributed by atoms with Crippen LogP contribution in [0.2, 0.25) is 5.02 Å². The average molecular weight is 332 g/mol. The summed E-state index contributed by atoms with van der Waals surface area (Å²) in [6, 6.07) is 2.46. The lowest BCUT2D eigenvalue weighted by Gasteiger charge is -2.16. The molecule has 3 N–H and O–H groups in total. The molecule has 0 aliphatic carbocycles. The van der Waals surface area contributed by atoms with Crippen molar-refractivity contribution in [3.63, 3.8) is 0 Å². The molecule has 1 heterocycles. The van der Waals surface area contributed by atoms with Gasteiger partial charge in [-0.3, -0.25) is 4.79 Å². The minimum absolute atomic E-state index is 0.0733. The second-order valence-corrected chi connectivity index (χ2v) is 5.85. The highest BCUT2D eigenvalue weighted by molar-refractivity contribution is 7.21. The fourth-order valence-electron chi connectivity index (χ4n) is 1.78. The van der Waals surface area contributed by atoms with Crippen molar-refractivity contribution >= 4 is 44.9 Å². The minimum Gasteiger partial charge on any atom is -0.480 e. The summed E-state index contributed by atoms with van der Waals surface area (Å²) in [4.78, 5) is 23.1. The van der Waals surface area contributed by atoms with Gasteiger partial charge in [-0.15, -0.1) is 11.3 Å². The van der Waals surface area contributed by atoms with E-state index >= 15 is 0 Å². The van der Waals surface area contributed by atoms with Crippen LogP contribution < -0.4 is 5.32 Å². The van der Waals surface area contributed by atoms with Crippen LogP contribution in [0.15, 0.2) is 18.2 Å². The summed E-state index contributed by atoms with van der Waals surface area (Å²) in [7, 11) is 0. The molecule has 2 rings (SSSR count). The number of rotatable bonds is 4. The lowest BCUT2D eigenvalue weighted by molar-refractivity contribution is -0.141. The first-order chi connectivity index (χ1) is 9.81. The minimum atomic E-state index is -1.45. The number of hydrogen-bond donors (Lipinski definition) is 3. The molecule has 0 spiro atoms. The Labute approximate surface area is 128 Å². The van der Waals surface area contributed by atoms with Gasteiger partial charge in [-0.05, 0) is 25.1 Å². The number of nitrogens with one attached hydrogen (secondary N) is 1. The number of halogens is 2. The third-order valence-electron chi connectivity index (χ3n) is 2.83. The van der Waals surface area contributed by atoms with Crippen molar-refractivity contribution in [2.75, 3.05) is 0 Å². The third-order valence-corrected chi connectivity index (χ3v) is 4.49. The number of aliphatic hydroxyl groups excluding tert-OH is 1. The molecule has 0 saturated heterocycles. The number of carboxylic acids is 1. The van der Waals surface area contributed by atoms with Crippen molar-refractivity contribution < 1.29 is 24.2 Å². The van der Waals surface area contributed by atoms with Crippen LogP contribution in [0.5, 0.6) is 0 Å². The maximum Gasteiger partial charge on any atom is 0.328 e. The lowest BCUT2D eigenvalue weighted by Crippen LogP contribution is -2.47. The maximum absolute atomic E-state index is 13.2. The van der Waals surface area contributed by atoms with Gasteiger partial charge >= 0.3 is 5.97 Å². The van der Waals surface area contributed by atoms with Gasteiger partial charge in [0.25, 0.3) is 5.91 Å². The Morgan fingerprint density at radius 3 is 2.67 bits per heavy atom. The number of amides is 1. The van der Waals surface area contributed by atoms with Crippen molar-refractivity contribution in [2.24, 2.45) is 0 Å². The normalized spacial score (nSPS) is 13.9. The molecule has 0 radical (unpaired) electrons. The molecule has 2 atom stereocenters. The Bertz CT molecular complexity index is 716. The highest BCUT2D eigenvalue weighted by atomic mass is 35.5. The van der Waals surface area contributed by atoms with E-state index in [4.69, 9.17) is 16.7 Å². The van der Waals surface area contributed by atoms with E-state index < -0.39 is 29.8 Å². The van der Waals surface area contributed by atoms with Gasteiger partial charge in [0.15, 0.2) is 6.04 Å². The lowest BCUT2D eigenvalue weighted by atomic mass is 10.2. The summed E-state index contributed by atoms with van der Waals surface area (Å²) in [6.45, 7) is 1.25. The Morgan fingerprint density at radius 1 is 1.43 bits per heavy atom. The van der Waals surface area contributed by atoms with E-state index in [2.05, 4.69) is 5.32 Å². The number of aliphatic carboxylic acids is 1. The number of aliphatic hydroxyl groups is 1. The van der Waals surface area contributed by atoms with Crippen LogP contribution in [-0.4, -0.2) is 34.2 Å². The number of benzene rings is 1. The van der Waals surface area contributed by atoms with E-state index in [1.54, 1.807) is 0 Å². The molecule has 5 nitrogen and oxygen atoms in total. The van der Waals surface area contributed by atoms with Crippen molar-refractivity contribution in [1.82, 2.24) is 5.32 Å². The summed E-state index contributed by atoms with van der Waals surface area (Å²) in [5.74, 6) is -2.55. The van der Waals surface area contributed by atoms with Gasteiger partial charge in [-0.2, -0.15) is 0 Å². The largest absolute Gasteiger partial charge is 0.480 e. The summed E-state index contributed by atoms with van der Waals surface area (Å²) in [5.41, 5.74) is 0. The SMILES string of the molecule is CC(O)C(NC(=O)c1sc2cc(F)ccc2c1Cl)C(=O)O. The Hall–Kier alpha value is -1.70. The monoisotopic (exact) mass is 331 g/mol. The highest BCUT2D eigenvalue weighted by Gasteiger charge is 2.27. The Morgan fingerprint density at radius 2 is 2.10 bits per heavy atom. The second kappa shape index (κ2) is 5.97. The van der Waals surface area contributed by atoms with E-state index in [0.29, 0.717) is 10.1 Å². The van der Waals surface area contributed by atoms with Gasteiger partial charge < -0.3 is 15.5 Å². The van der Waals surface area contributed by atoms with Crippen molar-refractivity contribution in [3.8, 4) is 0 Å². The molecular formula is C13H11ClFNO4S. The molecular weight excluding hydrogens is 321 g/mol. The zero-order chi connectivity index (χ0) is 15.7. The first-order valence-electron chi connectivity index (χ1n) is 5.90.